The molecule has 18 heavy (non-hydrogen) atoms. The van der Waals surface area contributed by atoms with Crippen molar-refractivity contribution in [2.75, 3.05) is 13.1 Å². The molecule has 2 heterocycles. The maximum Gasteiger partial charge on any atom is 0.0678 e. The highest BCUT2D eigenvalue weighted by atomic mass is 32.1. The molecule has 1 saturated heterocycles. The molecule has 4 atom stereocenters. The highest BCUT2D eigenvalue weighted by Gasteiger charge is 2.31. The highest BCUT2D eigenvalue weighted by molar-refractivity contribution is 7.12. The summed E-state index contributed by atoms with van der Waals surface area (Å²) in [5, 5.41) is 0. The quantitative estimate of drug-likeness (QED) is 0.915. The van der Waals surface area contributed by atoms with E-state index in [0.717, 1.165) is 13.1 Å². The van der Waals surface area contributed by atoms with Crippen molar-refractivity contribution < 1.29 is 4.74 Å². The van der Waals surface area contributed by atoms with Crippen LogP contribution in [0.3, 0.4) is 0 Å². The van der Waals surface area contributed by atoms with Crippen molar-refractivity contribution in [2.24, 2.45) is 5.73 Å². The van der Waals surface area contributed by atoms with E-state index in [0.29, 0.717) is 6.04 Å². The van der Waals surface area contributed by atoms with Gasteiger partial charge in [0.2, 0.25) is 0 Å². The van der Waals surface area contributed by atoms with Crippen LogP contribution < -0.4 is 5.73 Å². The first-order valence-electron chi connectivity index (χ1n) is 6.68. The van der Waals surface area contributed by atoms with E-state index in [1.165, 1.54) is 9.75 Å². The van der Waals surface area contributed by atoms with E-state index in [9.17, 15) is 0 Å². The van der Waals surface area contributed by atoms with E-state index < -0.39 is 0 Å². The van der Waals surface area contributed by atoms with Gasteiger partial charge in [0.25, 0.3) is 0 Å². The smallest absolute Gasteiger partial charge is 0.0678 e. The minimum absolute atomic E-state index is 0.139. The third-order valence-corrected chi connectivity index (χ3v) is 4.46. The zero-order valence-corrected chi connectivity index (χ0v) is 12.5. The fourth-order valence-electron chi connectivity index (χ4n) is 2.83. The van der Waals surface area contributed by atoms with Gasteiger partial charge in [0, 0.05) is 28.9 Å². The third-order valence-electron chi connectivity index (χ3n) is 3.39. The Morgan fingerprint density at radius 3 is 2.39 bits per heavy atom. The van der Waals surface area contributed by atoms with Crippen LogP contribution in [0, 0.1) is 6.92 Å². The summed E-state index contributed by atoms with van der Waals surface area (Å²) >= 11 is 1.86. The summed E-state index contributed by atoms with van der Waals surface area (Å²) in [5.74, 6) is 0. The molecule has 0 radical (unpaired) electrons. The number of ether oxygens (including phenoxy) is 1. The van der Waals surface area contributed by atoms with Crippen molar-refractivity contribution in [1.29, 1.82) is 0 Å². The van der Waals surface area contributed by atoms with Crippen LogP contribution in [0.1, 0.15) is 36.6 Å². The van der Waals surface area contributed by atoms with Gasteiger partial charge >= 0.3 is 0 Å². The van der Waals surface area contributed by atoms with E-state index in [-0.39, 0.29) is 18.2 Å². The number of nitrogens with two attached hydrogens (primary N) is 1. The molecule has 4 heteroatoms. The topological polar surface area (TPSA) is 38.5 Å². The second kappa shape index (κ2) is 5.70. The largest absolute Gasteiger partial charge is 0.373 e. The predicted octanol–water partition coefficient (Wildman–Crippen LogP) is 2.55. The number of rotatable bonds is 3. The van der Waals surface area contributed by atoms with Crippen LogP contribution in [-0.4, -0.2) is 36.2 Å². The minimum atomic E-state index is 0.139. The first-order chi connectivity index (χ1) is 8.47. The van der Waals surface area contributed by atoms with Crippen LogP contribution in [0.2, 0.25) is 0 Å². The number of aryl methyl sites for hydroxylation is 1. The average Bonchev–Trinajstić information content (AvgIpc) is 2.62. The van der Waals surface area contributed by atoms with Crippen LogP contribution >= 0.6 is 11.3 Å². The summed E-state index contributed by atoms with van der Waals surface area (Å²) in [6.07, 6.45) is 0.576. The maximum absolute atomic E-state index is 6.22. The molecule has 1 fully saturated rings. The Hall–Kier alpha value is -0.420. The molecular weight excluding hydrogens is 244 g/mol. The molecule has 0 amide bonds. The van der Waals surface area contributed by atoms with Crippen LogP contribution in [0.25, 0.3) is 0 Å². The molecule has 0 spiro atoms. The van der Waals surface area contributed by atoms with Crippen LogP contribution in [-0.2, 0) is 4.74 Å². The Bertz CT molecular complexity index is 381. The van der Waals surface area contributed by atoms with Gasteiger partial charge in [-0.05, 0) is 39.8 Å². The lowest BCUT2D eigenvalue weighted by Crippen LogP contribution is -2.50. The summed E-state index contributed by atoms with van der Waals surface area (Å²) in [6.45, 7) is 10.5. The Balaban J connectivity index is 2.19. The molecular formula is C14H24N2OS. The monoisotopic (exact) mass is 268 g/mol. The van der Waals surface area contributed by atoms with Crippen LogP contribution in [0.15, 0.2) is 12.1 Å². The lowest BCUT2D eigenvalue weighted by Gasteiger charge is -2.41. The van der Waals surface area contributed by atoms with Crippen molar-refractivity contribution in [3.63, 3.8) is 0 Å². The van der Waals surface area contributed by atoms with Crippen molar-refractivity contribution in [3.05, 3.63) is 21.9 Å². The standard InChI is InChI=1S/C14H24N2OS/c1-9-7-16(8-10(2)17-9)14(12(4)15)13-6-5-11(3)18-13/h5-6,9-10,12,14H,7-8,15H2,1-4H3. The fraction of sp³-hybridized carbons (Fsp3) is 0.714. The van der Waals surface area contributed by atoms with Gasteiger partial charge in [-0.15, -0.1) is 11.3 Å². The summed E-state index contributed by atoms with van der Waals surface area (Å²) in [7, 11) is 0. The van der Waals surface area contributed by atoms with Crippen LogP contribution in [0.4, 0.5) is 0 Å². The summed E-state index contributed by atoms with van der Waals surface area (Å²) in [4.78, 5) is 5.21. The Labute approximate surface area is 114 Å². The molecule has 4 unspecified atom stereocenters. The second-order valence-corrected chi connectivity index (χ2v) is 6.78. The third kappa shape index (κ3) is 3.12. The van der Waals surface area contributed by atoms with Crippen molar-refractivity contribution in [1.82, 2.24) is 4.90 Å². The Morgan fingerprint density at radius 1 is 1.33 bits per heavy atom. The van der Waals surface area contributed by atoms with E-state index in [2.05, 4.69) is 44.7 Å². The summed E-state index contributed by atoms with van der Waals surface area (Å²) in [6, 6.07) is 4.86. The number of thiophene rings is 1. The molecule has 0 bridgehead atoms. The number of morpholine rings is 1. The maximum atomic E-state index is 6.22. The van der Waals surface area contributed by atoms with Gasteiger partial charge in [0.15, 0.2) is 0 Å². The Kier molecular flexibility index (Phi) is 4.43. The SMILES string of the molecule is Cc1ccc(C(C(C)N)N2CC(C)OC(C)C2)s1. The lowest BCUT2D eigenvalue weighted by molar-refractivity contribution is -0.0827. The van der Waals surface area contributed by atoms with Gasteiger partial charge in [-0.2, -0.15) is 0 Å². The van der Waals surface area contributed by atoms with Crippen LogP contribution in [0.5, 0.6) is 0 Å². The normalized spacial score (nSPS) is 29.2. The zero-order chi connectivity index (χ0) is 13.3. The molecule has 0 aromatic carbocycles. The minimum Gasteiger partial charge on any atom is -0.373 e. The van der Waals surface area contributed by atoms with E-state index >= 15 is 0 Å². The van der Waals surface area contributed by atoms with Gasteiger partial charge in [-0.1, -0.05) is 0 Å². The number of hydrogen-bond donors (Lipinski definition) is 1. The first kappa shape index (κ1) is 14.0. The van der Waals surface area contributed by atoms with Crippen molar-refractivity contribution >= 4 is 11.3 Å². The molecule has 1 aliphatic rings. The number of nitrogens with zero attached hydrogens (tertiary/aromatic N) is 1. The highest BCUT2D eigenvalue weighted by Crippen LogP contribution is 2.31. The van der Waals surface area contributed by atoms with Crippen molar-refractivity contribution in [2.45, 2.75) is 52.0 Å². The van der Waals surface area contributed by atoms with E-state index in [4.69, 9.17) is 10.5 Å². The lowest BCUT2D eigenvalue weighted by atomic mass is 10.0. The summed E-state index contributed by atoms with van der Waals surface area (Å²) < 4.78 is 5.81. The fourth-order valence-corrected chi connectivity index (χ4v) is 3.96. The zero-order valence-electron chi connectivity index (χ0n) is 11.7. The molecule has 1 aromatic heterocycles. The molecule has 3 nitrogen and oxygen atoms in total. The van der Waals surface area contributed by atoms with Gasteiger partial charge < -0.3 is 10.5 Å². The number of hydrogen-bond acceptors (Lipinski definition) is 4. The summed E-state index contributed by atoms with van der Waals surface area (Å²) in [5.41, 5.74) is 6.22. The second-order valence-electron chi connectivity index (χ2n) is 5.46. The van der Waals surface area contributed by atoms with E-state index in [1.54, 1.807) is 0 Å². The van der Waals surface area contributed by atoms with Gasteiger partial charge in [0.1, 0.15) is 0 Å². The van der Waals surface area contributed by atoms with E-state index in [1.807, 2.05) is 11.3 Å². The van der Waals surface area contributed by atoms with Gasteiger partial charge in [-0.3, -0.25) is 4.90 Å². The molecule has 2 rings (SSSR count). The average molecular weight is 268 g/mol. The van der Waals surface area contributed by atoms with Gasteiger partial charge in [-0.25, -0.2) is 0 Å². The molecule has 1 aromatic rings. The molecule has 0 aliphatic carbocycles. The molecule has 2 N–H and O–H groups in total. The molecule has 102 valence electrons. The van der Waals surface area contributed by atoms with Crippen molar-refractivity contribution in [3.8, 4) is 0 Å². The van der Waals surface area contributed by atoms with Gasteiger partial charge in [0.05, 0.1) is 18.2 Å². The predicted molar refractivity (Wildman–Crippen MR) is 77.0 cm³/mol. The molecule has 1 aliphatic heterocycles. The molecule has 0 saturated carbocycles. The Morgan fingerprint density at radius 2 is 1.94 bits per heavy atom. The first-order valence-corrected chi connectivity index (χ1v) is 7.50.